The van der Waals surface area contributed by atoms with Gasteiger partial charge in [0, 0.05) is 43.9 Å². The second-order valence-corrected chi connectivity index (χ2v) is 8.12. The molecule has 9 nitrogen and oxygen atoms in total. The largest absolute Gasteiger partial charge is 0.506 e. The molecule has 0 fully saturated rings. The van der Waals surface area contributed by atoms with Crippen LogP contribution in [-0.4, -0.2) is 53.6 Å². The number of fused-ring (bicyclic) bond motifs is 1. The fourth-order valence-corrected chi connectivity index (χ4v) is 4.57. The molecule has 2 aromatic rings. The van der Waals surface area contributed by atoms with Crippen LogP contribution in [0.2, 0.25) is 0 Å². The van der Waals surface area contributed by atoms with Gasteiger partial charge in [0.25, 0.3) is 5.91 Å². The second-order valence-electron chi connectivity index (χ2n) is 6.18. The van der Waals surface area contributed by atoms with Gasteiger partial charge in [-0.1, -0.05) is 13.8 Å². The lowest BCUT2D eigenvalue weighted by molar-refractivity contribution is 0.102. The normalized spacial score (nSPS) is 14.2. The van der Waals surface area contributed by atoms with Gasteiger partial charge in [0.2, 0.25) is 10.0 Å². The van der Waals surface area contributed by atoms with Crippen LogP contribution in [0, 0.1) is 0 Å². The van der Waals surface area contributed by atoms with Gasteiger partial charge in [0.05, 0.1) is 10.6 Å². The number of aromatic hydroxyl groups is 1. The SMILES string of the molecule is CCN(CC)S(=O)(=O)c1ccc(O)c(NC(=O)c2n[nH]c3c2CNCC3)c1. The lowest BCUT2D eigenvalue weighted by Crippen LogP contribution is -2.30. The number of carbonyl (C=O) groups excluding carboxylic acids is 1. The van der Waals surface area contributed by atoms with Crippen molar-refractivity contribution < 1.29 is 18.3 Å². The Kier molecular flexibility index (Phi) is 5.49. The minimum atomic E-state index is -3.71. The number of nitrogens with zero attached hydrogens (tertiary/aromatic N) is 2. The molecule has 0 radical (unpaired) electrons. The molecule has 0 saturated carbocycles. The van der Waals surface area contributed by atoms with E-state index in [1.165, 1.54) is 22.5 Å². The Morgan fingerprint density at radius 2 is 2.07 bits per heavy atom. The number of H-pyrrole nitrogens is 1. The van der Waals surface area contributed by atoms with Gasteiger partial charge in [0.15, 0.2) is 5.69 Å². The number of aromatic nitrogens is 2. The van der Waals surface area contributed by atoms with Gasteiger partial charge in [-0.15, -0.1) is 0 Å². The van der Waals surface area contributed by atoms with Gasteiger partial charge >= 0.3 is 0 Å². The van der Waals surface area contributed by atoms with Gasteiger partial charge < -0.3 is 15.7 Å². The number of rotatable bonds is 6. The van der Waals surface area contributed by atoms with E-state index >= 15 is 0 Å². The Bertz CT molecular complexity index is 950. The number of benzene rings is 1. The molecule has 0 unspecified atom stereocenters. The van der Waals surface area contributed by atoms with Crippen LogP contribution in [-0.2, 0) is 23.0 Å². The number of phenolic OH excluding ortho intramolecular Hbond substituents is 1. The van der Waals surface area contributed by atoms with E-state index in [-0.39, 0.29) is 22.0 Å². The van der Waals surface area contributed by atoms with E-state index in [1.54, 1.807) is 13.8 Å². The number of anilines is 1. The van der Waals surface area contributed by atoms with Crippen molar-refractivity contribution in [2.24, 2.45) is 0 Å². The molecule has 0 spiro atoms. The first-order valence-electron chi connectivity index (χ1n) is 8.79. The predicted octanol–water partition coefficient (Wildman–Crippen LogP) is 1.04. The van der Waals surface area contributed by atoms with Crippen molar-refractivity contribution in [1.29, 1.82) is 0 Å². The summed E-state index contributed by atoms with van der Waals surface area (Å²) in [4.78, 5) is 12.6. The maximum atomic E-state index is 12.7. The zero-order valence-electron chi connectivity index (χ0n) is 15.2. The number of hydrogen-bond donors (Lipinski definition) is 4. The number of hydrogen-bond acceptors (Lipinski definition) is 6. The molecule has 1 aromatic carbocycles. The van der Waals surface area contributed by atoms with E-state index in [2.05, 4.69) is 20.8 Å². The molecule has 10 heteroatoms. The number of nitrogens with one attached hydrogen (secondary N) is 3. The summed E-state index contributed by atoms with van der Waals surface area (Å²) in [5.74, 6) is -0.728. The maximum Gasteiger partial charge on any atom is 0.276 e. The van der Waals surface area contributed by atoms with Crippen LogP contribution in [0.25, 0.3) is 0 Å². The molecule has 4 N–H and O–H groups in total. The molecule has 0 saturated heterocycles. The van der Waals surface area contributed by atoms with Gasteiger partial charge in [-0.05, 0) is 18.2 Å². The Labute approximate surface area is 157 Å². The number of sulfonamides is 1. The Balaban J connectivity index is 1.89. The van der Waals surface area contributed by atoms with E-state index in [0.717, 1.165) is 24.2 Å². The summed E-state index contributed by atoms with van der Waals surface area (Å²) in [6.45, 7) is 5.48. The van der Waals surface area contributed by atoms with Crippen molar-refractivity contribution in [1.82, 2.24) is 19.8 Å². The van der Waals surface area contributed by atoms with E-state index in [4.69, 9.17) is 0 Å². The minimum absolute atomic E-state index is 0.00465. The summed E-state index contributed by atoms with van der Waals surface area (Å²) < 4.78 is 26.6. The number of carbonyl (C=O) groups is 1. The predicted molar refractivity (Wildman–Crippen MR) is 100 cm³/mol. The molecular formula is C17H23N5O4S. The van der Waals surface area contributed by atoms with Crippen LogP contribution in [0.3, 0.4) is 0 Å². The van der Waals surface area contributed by atoms with Crippen LogP contribution in [0.4, 0.5) is 5.69 Å². The Hall–Kier alpha value is -2.43. The van der Waals surface area contributed by atoms with Crippen LogP contribution < -0.4 is 10.6 Å². The average molecular weight is 393 g/mol. The van der Waals surface area contributed by atoms with Crippen molar-refractivity contribution >= 4 is 21.6 Å². The van der Waals surface area contributed by atoms with E-state index in [0.29, 0.717) is 19.6 Å². The zero-order valence-corrected chi connectivity index (χ0v) is 16.1. The topological polar surface area (TPSA) is 127 Å². The van der Waals surface area contributed by atoms with Gasteiger partial charge in [-0.25, -0.2) is 8.42 Å². The first kappa shape index (κ1) is 19.3. The fraction of sp³-hybridized carbons (Fsp3) is 0.412. The summed E-state index contributed by atoms with van der Waals surface area (Å²) in [7, 11) is -3.71. The standard InChI is InChI=1S/C17H23N5O4S/c1-3-22(4-2)27(25,26)11-5-6-15(23)14(9-11)19-17(24)16-12-10-18-8-7-13(12)20-21-16/h5-6,9,18,23H,3-4,7-8,10H2,1-2H3,(H,19,24)(H,20,21). The molecule has 146 valence electrons. The molecule has 1 aliphatic heterocycles. The van der Waals surface area contributed by atoms with Crippen LogP contribution in [0.5, 0.6) is 5.75 Å². The molecule has 0 aliphatic carbocycles. The highest BCUT2D eigenvalue weighted by Crippen LogP contribution is 2.29. The second kappa shape index (κ2) is 7.67. The smallest absolute Gasteiger partial charge is 0.276 e. The van der Waals surface area contributed by atoms with Crippen molar-refractivity contribution in [3.05, 3.63) is 35.2 Å². The number of phenols is 1. The van der Waals surface area contributed by atoms with Crippen molar-refractivity contribution in [3.8, 4) is 5.75 Å². The van der Waals surface area contributed by atoms with Crippen molar-refractivity contribution in [2.45, 2.75) is 31.7 Å². The molecule has 2 heterocycles. The van der Waals surface area contributed by atoms with Crippen LogP contribution in [0.1, 0.15) is 35.6 Å². The van der Waals surface area contributed by atoms with Crippen LogP contribution in [0.15, 0.2) is 23.1 Å². The molecule has 27 heavy (non-hydrogen) atoms. The number of aromatic amines is 1. The molecule has 1 amide bonds. The van der Waals surface area contributed by atoms with Crippen LogP contribution >= 0.6 is 0 Å². The zero-order chi connectivity index (χ0) is 19.6. The molecule has 0 bridgehead atoms. The monoisotopic (exact) mass is 393 g/mol. The lowest BCUT2D eigenvalue weighted by atomic mass is 10.1. The molecule has 3 rings (SSSR count). The summed E-state index contributed by atoms with van der Waals surface area (Å²) in [6.07, 6.45) is 0.748. The van der Waals surface area contributed by atoms with Crippen molar-refractivity contribution in [2.75, 3.05) is 25.0 Å². The van der Waals surface area contributed by atoms with E-state index in [1.807, 2.05) is 0 Å². The van der Waals surface area contributed by atoms with E-state index in [9.17, 15) is 18.3 Å². The molecular weight excluding hydrogens is 370 g/mol. The number of amides is 1. The maximum absolute atomic E-state index is 12.7. The molecule has 1 aliphatic rings. The van der Waals surface area contributed by atoms with Crippen molar-refractivity contribution in [3.63, 3.8) is 0 Å². The lowest BCUT2D eigenvalue weighted by Gasteiger charge is -2.19. The third kappa shape index (κ3) is 3.68. The average Bonchev–Trinajstić information content (AvgIpc) is 3.08. The summed E-state index contributed by atoms with van der Waals surface area (Å²) in [5.41, 5.74) is 1.94. The first-order chi connectivity index (χ1) is 12.9. The Morgan fingerprint density at radius 3 is 2.78 bits per heavy atom. The van der Waals surface area contributed by atoms with Gasteiger partial charge in [-0.2, -0.15) is 9.40 Å². The quantitative estimate of drug-likeness (QED) is 0.543. The third-order valence-corrected chi connectivity index (χ3v) is 6.63. The highest BCUT2D eigenvalue weighted by atomic mass is 32.2. The minimum Gasteiger partial charge on any atom is -0.506 e. The van der Waals surface area contributed by atoms with Gasteiger partial charge in [0.1, 0.15) is 5.75 Å². The third-order valence-electron chi connectivity index (χ3n) is 4.58. The summed E-state index contributed by atoms with van der Waals surface area (Å²) in [6, 6.07) is 3.84. The highest BCUT2D eigenvalue weighted by molar-refractivity contribution is 7.89. The van der Waals surface area contributed by atoms with E-state index < -0.39 is 15.9 Å². The summed E-state index contributed by atoms with van der Waals surface area (Å²) in [5, 5.41) is 22.7. The van der Waals surface area contributed by atoms with Gasteiger partial charge in [-0.3, -0.25) is 9.89 Å². The first-order valence-corrected chi connectivity index (χ1v) is 10.2. The Morgan fingerprint density at radius 1 is 1.33 bits per heavy atom. The summed E-state index contributed by atoms with van der Waals surface area (Å²) >= 11 is 0. The fourth-order valence-electron chi connectivity index (χ4n) is 3.08. The molecule has 0 atom stereocenters. The highest BCUT2D eigenvalue weighted by Gasteiger charge is 2.25. The molecule has 1 aromatic heterocycles.